The van der Waals surface area contributed by atoms with Gasteiger partial charge in [0.25, 0.3) is 0 Å². The number of nitrogens with zero attached hydrogens (tertiary/aromatic N) is 4. The van der Waals surface area contributed by atoms with Gasteiger partial charge in [-0.25, -0.2) is 4.98 Å². The van der Waals surface area contributed by atoms with Crippen molar-refractivity contribution in [1.82, 2.24) is 19.9 Å². The van der Waals surface area contributed by atoms with Gasteiger partial charge in [-0.05, 0) is 52.0 Å². The molecule has 1 aliphatic rings. The zero-order chi connectivity index (χ0) is 18.2. The monoisotopic (exact) mass is 356 g/mol. The molecule has 1 atom stereocenters. The first-order valence-electron chi connectivity index (χ1n) is 9.24. The molecule has 26 heavy (non-hydrogen) atoms. The fourth-order valence-electron chi connectivity index (χ4n) is 2.91. The summed E-state index contributed by atoms with van der Waals surface area (Å²) in [5.41, 5.74) is 1.91. The summed E-state index contributed by atoms with van der Waals surface area (Å²) in [4.78, 5) is 15.5. The Hall–Kier alpha value is -2.25. The van der Waals surface area contributed by atoms with Crippen LogP contribution in [0.4, 0.5) is 11.8 Å². The number of rotatable bonds is 9. The second-order valence-corrected chi connectivity index (χ2v) is 6.80. The smallest absolute Gasteiger partial charge is 0.225 e. The van der Waals surface area contributed by atoms with Crippen molar-refractivity contribution in [2.24, 2.45) is 0 Å². The van der Waals surface area contributed by atoms with Crippen LogP contribution in [0.2, 0.25) is 0 Å². The summed E-state index contributed by atoms with van der Waals surface area (Å²) in [6.45, 7) is 3.49. The first-order chi connectivity index (χ1) is 12.7. The number of nitrogens with one attached hydrogen (secondary N) is 2. The third kappa shape index (κ3) is 5.64. The molecule has 0 amide bonds. The molecular weight excluding hydrogens is 328 g/mol. The molecule has 0 unspecified atom stereocenters. The minimum absolute atomic E-state index is 0.269. The summed E-state index contributed by atoms with van der Waals surface area (Å²) in [5, 5.41) is 6.75. The molecule has 0 bridgehead atoms. The normalized spacial score (nSPS) is 16.8. The Morgan fingerprint density at radius 2 is 2.04 bits per heavy atom. The predicted octanol–water partition coefficient (Wildman–Crippen LogP) is 2.49. The van der Waals surface area contributed by atoms with E-state index in [4.69, 9.17) is 4.74 Å². The van der Waals surface area contributed by atoms with E-state index in [-0.39, 0.29) is 6.10 Å². The molecule has 1 fully saturated rings. The lowest BCUT2D eigenvalue weighted by atomic mass is 10.2. The largest absolute Gasteiger partial charge is 0.376 e. The van der Waals surface area contributed by atoms with E-state index >= 15 is 0 Å². The van der Waals surface area contributed by atoms with E-state index in [0.29, 0.717) is 5.95 Å². The molecule has 0 aromatic carbocycles. The highest BCUT2D eigenvalue weighted by Gasteiger charge is 2.15. The zero-order valence-corrected chi connectivity index (χ0v) is 15.6. The Kier molecular flexibility index (Phi) is 6.74. The van der Waals surface area contributed by atoms with Gasteiger partial charge in [0.1, 0.15) is 5.82 Å². The molecule has 140 valence electrons. The highest BCUT2D eigenvalue weighted by Crippen LogP contribution is 2.21. The van der Waals surface area contributed by atoms with Crippen molar-refractivity contribution in [2.75, 3.05) is 51.0 Å². The topological polar surface area (TPSA) is 75.2 Å². The maximum absolute atomic E-state index is 5.69. The van der Waals surface area contributed by atoms with Crippen molar-refractivity contribution < 1.29 is 4.74 Å². The lowest BCUT2D eigenvalue weighted by Gasteiger charge is -2.14. The van der Waals surface area contributed by atoms with Crippen LogP contribution in [0.25, 0.3) is 11.3 Å². The van der Waals surface area contributed by atoms with Crippen LogP contribution in [0.15, 0.2) is 30.6 Å². The quantitative estimate of drug-likeness (QED) is 0.669. The minimum Gasteiger partial charge on any atom is -0.376 e. The molecule has 0 saturated carbocycles. The summed E-state index contributed by atoms with van der Waals surface area (Å²) < 4.78 is 5.69. The second kappa shape index (κ2) is 9.45. The molecule has 2 aromatic rings. The number of anilines is 2. The van der Waals surface area contributed by atoms with Crippen molar-refractivity contribution in [2.45, 2.75) is 25.4 Å². The fourth-order valence-corrected chi connectivity index (χ4v) is 2.91. The summed E-state index contributed by atoms with van der Waals surface area (Å²) in [6, 6.07) is 5.90. The summed E-state index contributed by atoms with van der Waals surface area (Å²) in [7, 11) is 4.15. The van der Waals surface area contributed by atoms with Gasteiger partial charge >= 0.3 is 0 Å². The first kappa shape index (κ1) is 18.5. The van der Waals surface area contributed by atoms with Crippen LogP contribution < -0.4 is 10.6 Å². The van der Waals surface area contributed by atoms with E-state index in [1.165, 1.54) is 0 Å². The summed E-state index contributed by atoms with van der Waals surface area (Å²) in [6.07, 6.45) is 7.10. The Morgan fingerprint density at radius 1 is 1.19 bits per heavy atom. The summed E-state index contributed by atoms with van der Waals surface area (Å²) in [5.74, 6) is 1.46. The SMILES string of the molecule is CN(C)CCCNc1nc(NC[C@@H]2CCCO2)cc(-c2ccncc2)n1. The van der Waals surface area contributed by atoms with E-state index in [1.54, 1.807) is 12.4 Å². The zero-order valence-electron chi connectivity index (χ0n) is 15.6. The molecule has 0 aliphatic carbocycles. The van der Waals surface area contributed by atoms with Gasteiger partial charge in [-0.3, -0.25) is 4.98 Å². The Labute approximate surface area is 155 Å². The molecule has 0 spiro atoms. The number of aromatic nitrogens is 3. The van der Waals surface area contributed by atoms with E-state index < -0.39 is 0 Å². The van der Waals surface area contributed by atoms with E-state index in [0.717, 1.165) is 62.6 Å². The summed E-state index contributed by atoms with van der Waals surface area (Å²) >= 11 is 0. The van der Waals surface area contributed by atoms with Gasteiger partial charge in [0.2, 0.25) is 5.95 Å². The predicted molar refractivity (Wildman–Crippen MR) is 104 cm³/mol. The van der Waals surface area contributed by atoms with Crippen LogP contribution in [-0.2, 0) is 4.74 Å². The number of ether oxygens (including phenoxy) is 1. The van der Waals surface area contributed by atoms with Crippen LogP contribution in [0, 0.1) is 0 Å². The van der Waals surface area contributed by atoms with Gasteiger partial charge in [0.05, 0.1) is 11.8 Å². The van der Waals surface area contributed by atoms with Crippen molar-refractivity contribution in [3.05, 3.63) is 30.6 Å². The lowest BCUT2D eigenvalue weighted by Crippen LogP contribution is -2.20. The van der Waals surface area contributed by atoms with Crippen LogP contribution in [0.3, 0.4) is 0 Å². The van der Waals surface area contributed by atoms with Crippen LogP contribution in [0.5, 0.6) is 0 Å². The minimum atomic E-state index is 0.269. The Bertz CT molecular complexity index is 673. The van der Waals surface area contributed by atoms with E-state index in [2.05, 4.69) is 44.6 Å². The van der Waals surface area contributed by atoms with Gasteiger partial charge < -0.3 is 20.3 Å². The lowest BCUT2D eigenvalue weighted by molar-refractivity contribution is 0.120. The maximum atomic E-state index is 5.69. The molecule has 0 radical (unpaired) electrons. The van der Waals surface area contributed by atoms with Crippen molar-refractivity contribution >= 4 is 11.8 Å². The van der Waals surface area contributed by atoms with Gasteiger partial charge in [-0.15, -0.1) is 0 Å². The van der Waals surface area contributed by atoms with E-state index in [1.807, 2.05) is 18.2 Å². The Balaban J connectivity index is 1.70. The average molecular weight is 356 g/mol. The second-order valence-electron chi connectivity index (χ2n) is 6.80. The van der Waals surface area contributed by atoms with Crippen molar-refractivity contribution in [3.63, 3.8) is 0 Å². The fraction of sp³-hybridized carbons (Fsp3) is 0.526. The molecule has 3 heterocycles. The molecule has 2 aromatic heterocycles. The standard InChI is InChI=1S/C19H28N6O/c1-25(2)11-4-8-21-19-23-17(15-6-9-20-10-7-15)13-18(24-19)22-14-16-5-3-12-26-16/h6-7,9-10,13,16H,3-5,8,11-12,14H2,1-2H3,(H2,21,22,23,24)/t16-/m0/s1. The molecule has 7 nitrogen and oxygen atoms in total. The van der Waals surface area contributed by atoms with Crippen LogP contribution in [0.1, 0.15) is 19.3 Å². The molecule has 1 aliphatic heterocycles. The van der Waals surface area contributed by atoms with Crippen LogP contribution >= 0.6 is 0 Å². The number of hydrogen-bond donors (Lipinski definition) is 2. The van der Waals surface area contributed by atoms with E-state index in [9.17, 15) is 0 Å². The third-order valence-corrected chi connectivity index (χ3v) is 4.30. The van der Waals surface area contributed by atoms with Gasteiger partial charge in [-0.2, -0.15) is 4.98 Å². The molecular formula is C19H28N6O. The average Bonchev–Trinajstić information content (AvgIpc) is 3.18. The first-order valence-corrected chi connectivity index (χ1v) is 9.24. The molecule has 7 heteroatoms. The highest BCUT2D eigenvalue weighted by molar-refractivity contribution is 5.63. The number of hydrogen-bond acceptors (Lipinski definition) is 7. The molecule has 3 rings (SSSR count). The third-order valence-electron chi connectivity index (χ3n) is 4.30. The van der Waals surface area contributed by atoms with Crippen molar-refractivity contribution in [1.29, 1.82) is 0 Å². The van der Waals surface area contributed by atoms with Gasteiger partial charge in [0, 0.05) is 43.7 Å². The Morgan fingerprint density at radius 3 is 2.77 bits per heavy atom. The number of pyridine rings is 1. The maximum Gasteiger partial charge on any atom is 0.225 e. The highest BCUT2D eigenvalue weighted by atomic mass is 16.5. The van der Waals surface area contributed by atoms with Crippen LogP contribution in [-0.4, -0.2) is 66.3 Å². The van der Waals surface area contributed by atoms with Gasteiger partial charge in [-0.1, -0.05) is 0 Å². The molecule has 1 saturated heterocycles. The molecule has 2 N–H and O–H groups in total. The van der Waals surface area contributed by atoms with Gasteiger partial charge in [0.15, 0.2) is 0 Å². The van der Waals surface area contributed by atoms with Crippen molar-refractivity contribution in [3.8, 4) is 11.3 Å².